The molecule has 2 bridgehead atoms. The molecule has 3 aromatic rings. The van der Waals surface area contributed by atoms with E-state index in [9.17, 15) is 27.2 Å². The van der Waals surface area contributed by atoms with Crippen molar-refractivity contribution in [3.05, 3.63) is 87.1 Å². The molecule has 0 atom stereocenters. The number of pyridine rings is 1. The number of hydrogen-bond donors (Lipinski definition) is 1. The van der Waals surface area contributed by atoms with Crippen LogP contribution in [0.25, 0.3) is 0 Å². The second kappa shape index (κ2) is 8.30. The number of carbonyl (C=O) groups is 1. The van der Waals surface area contributed by atoms with Gasteiger partial charge in [0.15, 0.2) is 0 Å². The zero-order valence-corrected chi connectivity index (χ0v) is 18.1. The fraction of sp³-hybridized carbons (Fsp3) is 0.280. The summed E-state index contributed by atoms with van der Waals surface area (Å²) in [6.07, 6.45) is -1.22. The number of rotatable bonds is 0. The zero-order valence-electron chi connectivity index (χ0n) is 18.1. The topological polar surface area (TPSA) is 56.4 Å². The van der Waals surface area contributed by atoms with Crippen LogP contribution in [0.1, 0.15) is 46.4 Å². The van der Waals surface area contributed by atoms with Gasteiger partial charge in [-0.15, -0.1) is 0 Å². The molecule has 176 valence electrons. The summed E-state index contributed by atoms with van der Waals surface area (Å²) in [7, 11) is 0. The summed E-state index contributed by atoms with van der Waals surface area (Å²) in [4.78, 5) is 31.4. The minimum absolute atomic E-state index is 0.0786. The number of alkyl halides is 3. The Morgan fingerprint density at radius 2 is 1.56 bits per heavy atom. The highest BCUT2D eigenvalue weighted by Crippen LogP contribution is 2.41. The van der Waals surface area contributed by atoms with E-state index >= 15 is 0 Å². The third kappa shape index (κ3) is 3.95. The van der Waals surface area contributed by atoms with E-state index in [0.29, 0.717) is 35.5 Å². The maximum atomic E-state index is 14.1. The number of amides is 1. The number of nitrogens with one attached hydrogen (secondary N) is 1. The van der Waals surface area contributed by atoms with Crippen LogP contribution in [0.2, 0.25) is 0 Å². The summed E-state index contributed by atoms with van der Waals surface area (Å²) in [5.41, 5.74) is 1.39. The zero-order chi connectivity index (χ0) is 24.0. The van der Waals surface area contributed by atoms with Crippen molar-refractivity contribution in [2.75, 3.05) is 16.5 Å². The van der Waals surface area contributed by atoms with Crippen LogP contribution in [0.5, 0.6) is 0 Å². The number of benzene rings is 2. The fourth-order valence-corrected chi connectivity index (χ4v) is 4.70. The number of fused-ring (bicyclic) bond motifs is 8. The van der Waals surface area contributed by atoms with Gasteiger partial charge in [-0.3, -0.25) is 14.5 Å². The van der Waals surface area contributed by atoms with Gasteiger partial charge < -0.3 is 9.88 Å². The normalized spacial score (nSPS) is 16.2. The summed E-state index contributed by atoms with van der Waals surface area (Å²) in [6.45, 7) is -0.0786. The van der Waals surface area contributed by atoms with E-state index in [1.54, 1.807) is 17.0 Å². The summed E-state index contributed by atoms with van der Waals surface area (Å²) >= 11 is 0. The van der Waals surface area contributed by atoms with Gasteiger partial charge in [-0.1, -0.05) is 6.42 Å². The molecule has 0 unspecified atom stereocenters. The number of hydrogen-bond acceptors (Lipinski definition) is 3. The molecule has 1 amide bonds. The molecule has 5 rings (SSSR count). The SMILES string of the molecule is O=C1c2ccc(C(F)(F)F)cc2N2CN1c1ccc(=O)[nH]c1CCCCCc1cc(F)ccc12. The Kier molecular flexibility index (Phi) is 5.42. The third-order valence-electron chi connectivity index (χ3n) is 6.35. The molecule has 2 aliphatic rings. The summed E-state index contributed by atoms with van der Waals surface area (Å²) in [5, 5.41) is 0. The molecule has 2 aromatic carbocycles. The van der Waals surface area contributed by atoms with Crippen LogP contribution < -0.4 is 15.4 Å². The number of aromatic amines is 1. The van der Waals surface area contributed by atoms with E-state index in [0.717, 1.165) is 31.4 Å². The van der Waals surface area contributed by atoms with Crippen LogP contribution in [0.3, 0.4) is 0 Å². The highest BCUT2D eigenvalue weighted by molar-refractivity contribution is 6.13. The third-order valence-corrected chi connectivity index (χ3v) is 6.35. The number of H-pyrrole nitrogens is 1. The van der Waals surface area contributed by atoms with Crippen molar-refractivity contribution >= 4 is 23.0 Å². The largest absolute Gasteiger partial charge is 0.416 e. The predicted octanol–water partition coefficient (Wildman–Crippen LogP) is 5.56. The maximum absolute atomic E-state index is 14.1. The molecule has 5 nitrogen and oxygen atoms in total. The van der Waals surface area contributed by atoms with E-state index in [4.69, 9.17) is 0 Å². The number of aryl methyl sites for hydroxylation is 2. The molecule has 1 N–H and O–H groups in total. The molecule has 2 aliphatic heterocycles. The fourth-order valence-electron chi connectivity index (χ4n) is 4.70. The standard InChI is InChI=1S/C25H21F4N3O2/c26-17-7-9-20-15(12-17)4-2-1-3-5-19-21(10-11-23(33)30-19)32-14-31(20)22-13-16(25(27,28)29)6-8-18(22)24(32)34/h6-13H,1-5,14H2,(H,30,33). The van der Waals surface area contributed by atoms with Crippen molar-refractivity contribution in [3.8, 4) is 0 Å². The lowest BCUT2D eigenvalue weighted by Crippen LogP contribution is -2.46. The van der Waals surface area contributed by atoms with Gasteiger partial charge in [0.05, 0.1) is 22.5 Å². The first-order chi connectivity index (χ1) is 16.2. The molecule has 34 heavy (non-hydrogen) atoms. The number of halogens is 4. The lowest BCUT2D eigenvalue weighted by Gasteiger charge is -2.40. The van der Waals surface area contributed by atoms with Crippen LogP contribution in [-0.2, 0) is 19.0 Å². The first-order valence-corrected chi connectivity index (χ1v) is 11.0. The monoisotopic (exact) mass is 471 g/mol. The molecule has 3 heterocycles. The smallest absolute Gasteiger partial charge is 0.324 e. The van der Waals surface area contributed by atoms with Crippen LogP contribution >= 0.6 is 0 Å². The Bertz CT molecular complexity index is 1330. The van der Waals surface area contributed by atoms with Crippen molar-refractivity contribution in [1.29, 1.82) is 0 Å². The summed E-state index contributed by atoms with van der Waals surface area (Å²) < 4.78 is 54.7. The van der Waals surface area contributed by atoms with Gasteiger partial charge in [0.1, 0.15) is 12.5 Å². The number of carbonyl (C=O) groups excluding carboxylic acids is 1. The van der Waals surface area contributed by atoms with E-state index in [2.05, 4.69) is 4.98 Å². The Hall–Kier alpha value is -3.62. The molecule has 0 saturated carbocycles. The molecule has 0 radical (unpaired) electrons. The molecule has 0 aliphatic carbocycles. The van der Waals surface area contributed by atoms with Crippen molar-refractivity contribution in [1.82, 2.24) is 4.98 Å². The molecule has 0 spiro atoms. The Morgan fingerprint density at radius 3 is 2.35 bits per heavy atom. The van der Waals surface area contributed by atoms with Gasteiger partial charge >= 0.3 is 6.18 Å². The lowest BCUT2D eigenvalue weighted by molar-refractivity contribution is -0.137. The van der Waals surface area contributed by atoms with E-state index < -0.39 is 23.5 Å². The molecule has 1 aromatic heterocycles. The van der Waals surface area contributed by atoms with Crippen LogP contribution in [0.4, 0.5) is 34.6 Å². The minimum atomic E-state index is -4.58. The summed E-state index contributed by atoms with van der Waals surface area (Å²) in [6, 6.07) is 10.1. The molecular weight excluding hydrogens is 450 g/mol. The van der Waals surface area contributed by atoms with Gasteiger partial charge in [0.2, 0.25) is 5.56 Å². The second-order valence-electron chi connectivity index (χ2n) is 8.55. The molecular formula is C25H21F4N3O2. The highest BCUT2D eigenvalue weighted by Gasteiger charge is 2.37. The van der Waals surface area contributed by atoms with Gasteiger partial charge in [-0.25, -0.2) is 4.39 Å². The van der Waals surface area contributed by atoms with Gasteiger partial charge in [0.25, 0.3) is 5.91 Å². The van der Waals surface area contributed by atoms with E-state index in [-0.39, 0.29) is 23.5 Å². The lowest BCUT2D eigenvalue weighted by atomic mass is 9.98. The number of aromatic nitrogens is 1. The minimum Gasteiger partial charge on any atom is -0.324 e. The first kappa shape index (κ1) is 22.2. The second-order valence-corrected chi connectivity index (χ2v) is 8.55. The first-order valence-electron chi connectivity index (χ1n) is 11.0. The van der Waals surface area contributed by atoms with Crippen molar-refractivity contribution in [2.45, 2.75) is 38.3 Å². The van der Waals surface area contributed by atoms with E-state index in [1.807, 2.05) is 0 Å². The maximum Gasteiger partial charge on any atom is 0.416 e. The quantitative estimate of drug-likeness (QED) is 0.437. The van der Waals surface area contributed by atoms with Crippen molar-refractivity contribution < 1.29 is 22.4 Å². The highest BCUT2D eigenvalue weighted by atomic mass is 19.4. The molecule has 0 saturated heterocycles. The van der Waals surface area contributed by atoms with Crippen LogP contribution in [-0.4, -0.2) is 17.6 Å². The molecule has 9 heteroatoms. The molecule has 0 fully saturated rings. The average Bonchev–Trinajstić information content (AvgIpc) is 2.78. The van der Waals surface area contributed by atoms with Crippen molar-refractivity contribution in [3.63, 3.8) is 0 Å². The van der Waals surface area contributed by atoms with Crippen LogP contribution in [0, 0.1) is 5.82 Å². The van der Waals surface area contributed by atoms with Crippen LogP contribution in [0.15, 0.2) is 53.3 Å². The summed E-state index contributed by atoms with van der Waals surface area (Å²) in [5.74, 6) is -0.892. The Labute approximate surface area is 192 Å². The van der Waals surface area contributed by atoms with Gasteiger partial charge in [-0.05, 0) is 73.7 Å². The Balaban J connectivity index is 1.75. The number of nitrogens with zero attached hydrogens (tertiary/aromatic N) is 2. The van der Waals surface area contributed by atoms with Crippen molar-refractivity contribution in [2.24, 2.45) is 0 Å². The Morgan fingerprint density at radius 1 is 0.794 bits per heavy atom. The van der Waals surface area contributed by atoms with E-state index in [1.165, 1.54) is 29.2 Å². The predicted molar refractivity (Wildman–Crippen MR) is 120 cm³/mol. The van der Waals surface area contributed by atoms with Gasteiger partial charge in [0, 0.05) is 17.4 Å². The van der Waals surface area contributed by atoms with Gasteiger partial charge in [-0.2, -0.15) is 13.2 Å². The number of anilines is 3. The average molecular weight is 471 g/mol.